The zero-order chi connectivity index (χ0) is 11.7. The van der Waals surface area contributed by atoms with Gasteiger partial charge in [-0.25, -0.2) is 0 Å². The van der Waals surface area contributed by atoms with Gasteiger partial charge in [-0.1, -0.05) is 35.5 Å². The van der Waals surface area contributed by atoms with Crippen LogP contribution in [0.15, 0.2) is 34.9 Å². The molecule has 3 rings (SSSR count). The fraction of sp³-hybridized carbons (Fsp3) is 0.385. The first-order valence-electron chi connectivity index (χ1n) is 5.95. The molecule has 4 heteroatoms. The summed E-state index contributed by atoms with van der Waals surface area (Å²) in [5, 5.41) is 3.96. The summed E-state index contributed by atoms with van der Waals surface area (Å²) in [5.74, 6) is 1.85. The monoisotopic (exact) mass is 229 g/mol. The summed E-state index contributed by atoms with van der Waals surface area (Å²) in [7, 11) is 0. The first-order valence-corrected chi connectivity index (χ1v) is 5.95. The van der Waals surface area contributed by atoms with Crippen LogP contribution in [0.3, 0.4) is 0 Å². The summed E-state index contributed by atoms with van der Waals surface area (Å²) >= 11 is 0. The van der Waals surface area contributed by atoms with E-state index >= 15 is 0 Å². The van der Waals surface area contributed by atoms with Crippen LogP contribution >= 0.6 is 0 Å². The molecule has 17 heavy (non-hydrogen) atoms. The minimum atomic E-state index is -0.0525. The number of nitrogens with two attached hydrogens (primary N) is 1. The maximum Gasteiger partial charge on any atom is 0.231 e. The number of benzene rings is 1. The molecule has 1 aliphatic carbocycles. The highest BCUT2D eigenvalue weighted by molar-refractivity contribution is 5.18. The number of hydrogen-bond acceptors (Lipinski definition) is 4. The summed E-state index contributed by atoms with van der Waals surface area (Å²) in [5.41, 5.74) is 7.19. The molecule has 1 aliphatic rings. The van der Waals surface area contributed by atoms with E-state index in [-0.39, 0.29) is 6.04 Å². The van der Waals surface area contributed by atoms with Crippen LogP contribution in [0.25, 0.3) is 0 Å². The van der Waals surface area contributed by atoms with E-state index < -0.39 is 0 Å². The molecule has 0 amide bonds. The molecule has 1 unspecified atom stereocenters. The Labute approximate surface area is 99.8 Å². The van der Waals surface area contributed by atoms with Gasteiger partial charge in [0, 0.05) is 0 Å². The molecule has 1 heterocycles. The lowest BCUT2D eigenvalue weighted by Crippen LogP contribution is -2.14. The molecule has 0 aliphatic heterocycles. The van der Waals surface area contributed by atoms with Crippen molar-refractivity contribution in [2.75, 3.05) is 0 Å². The van der Waals surface area contributed by atoms with Crippen molar-refractivity contribution in [1.82, 2.24) is 10.1 Å². The van der Waals surface area contributed by atoms with Gasteiger partial charge >= 0.3 is 0 Å². The maximum absolute atomic E-state index is 6.02. The van der Waals surface area contributed by atoms with Crippen LogP contribution in [-0.2, 0) is 6.42 Å². The Morgan fingerprint density at radius 2 is 2.06 bits per heavy atom. The quantitative estimate of drug-likeness (QED) is 0.871. The Kier molecular flexibility index (Phi) is 2.65. The van der Waals surface area contributed by atoms with Crippen molar-refractivity contribution in [3.63, 3.8) is 0 Å². The average molecular weight is 229 g/mol. The van der Waals surface area contributed by atoms with Gasteiger partial charge in [-0.2, -0.15) is 4.98 Å². The second-order valence-corrected chi connectivity index (χ2v) is 4.57. The molecule has 2 aromatic rings. The van der Waals surface area contributed by atoms with E-state index in [1.165, 1.54) is 18.4 Å². The summed E-state index contributed by atoms with van der Waals surface area (Å²) in [6, 6.07) is 10.0. The van der Waals surface area contributed by atoms with Crippen LogP contribution in [0.1, 0.15) is 36.2 Å². The molecule has 0 saturated heterocycles. The summed E-state index contributed by atoms with van der Waals surface area (Å²) in [4.78, 5) is 4.36. The highest BCUT2D eigenvalue weighted by Crippen LogP contribution is 2.38. The lowest BCUT2D eigenvalue weighted by atomic mass is 10.1. The summed E-state index contributed by atoms with van der Waals surface area (Å²) in [6.07, 6.45) is 3.04. The first kappa shape index (κ1) is 10.5. The smallest absolute Gasteiger partial charge is 0.231 e. The predicted molar refractivity (Wildman–Crippen MR) is 63.2 cm³/mol. The second kappa shape index (κ2) is 4.30. The van der Waals surface area contributed by atoms with E-state index in [0.717, 1.165) is 0 Å². The van der Waals surface area contributed by atoms with E-state index in [1.54, 1.807) is 0 Å². The molecular weight excluding hydrogens is 214 g/mol. The predicted octanol–water partition coefficient (Wildman–Crippen LogP) is 2.07. The largest absolute Gasteiger partial charge is 0.339 e. The molecule has 1 saturated carbocycles. The van der Waals surface area contributed by atoms with Crippen molar-refractivity contribution >= 4 is 0 Å². The molecular formula is C13H15N3O. The van der Waals surface area contributed by atoms with E-state index in [4.69, 9.17) is 10.3 Å². The third-order valence-electron chi connectivity index (χ3n) is 3.11. The average Bonchev–Trinajstić information content (AvgIpc) is 3.11. The Balaban J connectivity index is 1.72. The zero-order valence-corrected chi connectivity index (χ0v) is 9.54. The van der Waals surface area contributed by atoms with Gasteiger partial charge in [0.1, 0.15) is 0 Å². The molecule has 1 aromatic carbocycles. The zero-order valence-electron chi connectivity index (χ0n) is 9.54. The Hall–Kier alpha value is -1.68. The van der Waals surface area contributed by atoms with Crippen molar-refractivity contribution in [3.8, 4) is 0 Å². The highest BCUT2D eigenvalue weighted by atomic mass is 16.5. The highest BCUT2D eigenvalue weighted by Gasteiger charge is 2.32. The van der Waals surface area contributed by atoms with E-state index in [1.807, 2.05) is 30.3 Å². The van der Waals surface area contributed by atoms with Crippen LogP contribution in [0.5, 0.6) is 0 Å². The number of hydrogen-bond donors (Lipinski definition) is 1. The van der Waals surface area contributed by atoms with Crippen molar-refractivity contribution in [2.45, 2.75) is 25.3 Å². The van der Waals surface area contributed by atoms with Gasteiger partial charge in [0.25, 0.3) is 0 Å². The van der Waals surface area contributed by atoms with Crippen molar-refractivity contribution < 1.29 is 4.52 Å². The third kappa shape index (κ3) is 2.36. The number of aromatic nitrogens is 2. The Morgan fingerprint density at radius 1 is 1.29 bits per heavy atom. The van der Waals surface area contributed by atoms with Gasteiger partial charge in [0.15, 0.2) is 5.82 Å². The van der Waals surface area contributed by atoms with Gasteiger partial charge in [0.05, 0.1) is 12.5 Å². The van der Waals surface area contributed by atoms with Crippen LogP contribution < -0.4 is 5.73 Å². The van der Waals surface area contributed by atoms with Crippen molar-refractivity contribution in [1.29, 1.82) is 0 Å². The lowest BCUT2D eigenvalue weighted by molar-refractivity contribution is 0.373. The molecule has 0 spiro atoms. The normalized spacial score (nSPS) is 17.0. The van der Waals surface area contributed by atoms with Gasteiger partial charge in [-0.15, -0.1) is 0 Å². The van der Waals surface area contributed by atoms with Crippen molar-refractivity contribution in [3.05, 3.63) is 47.6 Å². The molecule has 0 radical (unpaired) electrons. The molecule has 0 bridgehead atoms. The molecule has 1 fully saturated rings. The minimum absolute atomic E-state index is 0.0525. The van der Waals surface area contributed by atoms with Crippen LogP contribution in [-0.4, -0.2) is 10.1 Å². The Bertz CT molecular complexity index is 490. The molecule has 2 N–H and O–H groups in total. The number of rotatable bonds is 4. The van der Waals surface area contributed by atoms with Gasteiger partial charge in [-0.3, -0.25) is 0 Å². The van der Waals surface area contributed by atoms with E-state index in [2.05, 4.69) is 10.1 Å². The molecule has 1 atom stereocenters. The van der Waals surface area contributed by atoms with Crippen LogP contribution in [0, 0.1) is 5.92 Å². The summed E-state index contributed by atoms with van der Waals surface area (Å²) < 4.78 is 5.23. The standard InChI is InChI=1S/C13H15N3O/c14-12(10-6-7-10)13-15-11(17-16-13)8-9-4-2-1-3-5-9/h1-5,10,12H,6-8,14H2. The van der Waals surface area contributed by atoms with Gasteiger partial charge < -0.3 is 10.3 Å². The second-order valence-electron chi connectivity index (χ2n) is 4.57. The topological polar surface area (TPSA) is 64.9 Å². The van der Waals surface area contributed by atoms with Crippen LogP contribution in [0.4, 0.5) is 0 Å². The van der Waals surface area contributed by atoms with Gasteiger partial charge in [0.2, 0.25) is 5.89 Å². The molecule has 1 aromatic heterocycles. The Morgan fingerprint density at radius 3 is 2.76 bits per heavy atom. The first-order chi connectivity index (χ1) is 8.33. The van der Waals surface area contributed by atoms with Crippen molar-refractivity contribution in [2.24, 2.45) is 11.7 Å². The number of nitrogens with zero attached hydrogens (tertiary/aromatic N) is 2. The lowest BCUT2D eigenvalue weighted by Gasteiger charge is -2.01. The van der Waals surface area contributed by atoms with E-state index in [0.29, 0.717) is 24.1 Å². The third-order valence-corrected chi connectivity index (χ3v) is 3.11. The SMILES string of the molecule is NC(c1noc(Cc2ccccc2)n1)C1CC1. The maximum atomic E-state index is 6.02. The van der Waals surface area contributed by atoms with Crippen LogP contribution in [0.2, 0.25) is 0 Å². The molecule has 88 valence electrons. The molecule has 4 nitrogen and oxygen atoms in total. The summed E-state index contributed by atoms with van der Waals surface area (Å²) in [6.45, 7) is 0. The fourth-order valence-electron chi connectivity index (χ4n) is 1.91. The van der Waals surface area contributed by atoms with E-state index in [9.17, 15) is 0 Å². The van der Waals surface area contributed by atoms with Gasteiger partial charge in [-0.05, 0) is 24.3 Å². The fourth-order valence-corrected chi connectivity index (χ4v) is 1.91. The minimum Gasteiger partial charge on any atom is -0.339 e.